The van der Waals surface area contributed by atoms with Crippen molar-refractivity contribution in [2.75, 3.05) is 31.1 Å². The van der Waals surface area contributed by atoms with Gasteiger partial charge in [0, 0.05) is 17.4 Å². The lowest BCUT2D eigenvalue weighted by molar-refractivity contribution is 0.103. The van der Waals surface area contributed by atoms with E-state index in [1.807, 2.05) is 12.1 Å². The van der Waals surface area contributed by atoms with Crippen molar-refractivity contribution in [1.29, 1.82) is 0 Å². The molecular weight excluding hydrogens is 456 g/mol. The van der Waals surface area contributed by atoms with Crippen molar-refractivity contribution in [2.24, 2.45) is 0 Å². The minimum Gasteiger partial charge on any atom is -0.372 e. The number of anilines is 1. The van der Waals surface area contributed by atoms with Crippen LogP contribution < -0.4 is 16.4 Å². The van der Waals surface area contributed by atoms with Crippen LogP contribution in [-0.2, 0) is 18.0 Å². The van der Waals surface area contributed by atoms with Gasteiger partial charge in [-0.2, -0.15) is 9.97 Å². The third-order valence-electron chi connectivity index (χ3n) is 6.23. The fourth-order valence-electron chi connectivity index (χ4n) is 4.62. The lowest BCUT2D eigenvalue weighted by Crippen LogP contribution is -2.40. The number of nitrogens with zero attached hydrogens (tertiary/aromatic N) is 3. The third-order valence-corrected chi connectivity index (χ3v) is 7.46. The Morgan fingerprint density at radius 2 is 1.97 bits per heavy atom. The molecule has 4 N–H and O–H groups in total. The zero-order valence-electron chi connectivity index (χ0n) is 18.6. The number of ether oxygens (including phenoxy) is 1. The smallest absolute Gasteiger partial charge is 0.224 e. The summed E-state index contributed by atoms with van der Waals surface area (Å²) in [4.78, 5) is 13.5. The topological polar surface area (TPSA) is 98.0 Å². The van der Waals surface area contributed by atoms with Crippen molar-refractivity contribution in [3.05, 3.63) is 40.4 Å². The second kappa shape index (κ2) is 10.5. The van der Waals surface area contributed by atoms with Crippen molar-refractivity contribution in [3.63, 3.8) is 0 Å². The maximum absolute atomic E-state index is 6.71. The summed E-state index contributed by atoms with van der Waals surface area (Å²) in [5, 5.41) is 10.5. The van der Waals surface area contributed by atoms with Crippen LogP contribution in [-0.4, -0.2) is 46.4 Å². The predicted octanol–water partition coefficient (Wildman–Crippen LogP) is 4.17. The van der Waals surface area contributed by atoms with Gasteiger partial charge in [0.05, 0.1) is 18.2 Å². The van der Waals surface area contributed by atoms with Gasteiger partial charge in [0.15, 0.2) is 11.0 Å². The van der Waals surface area contributed by atoms with Crippen LogP contribution in [0.3, 0.4) is 0 Å². The molecule has 3 heterocycles. The molecule has 1 saturated heterocycles. The minimum atomic E-state index is 0.218. The highest BCUT2D eigenvalue weighted by molar-refractivity contribution is 7.99. The number of nitrogens with one attached hydrogen (secondary N) is 2. The number of hydrogen-bond acceptors (Lipinski definition) is 8. The van der Waals surface area contributed by atoms with Crippen molar-refractivity contribution < 1.29 is 4.74 Å². The molecule has 0 radical (unpaired) electrons. The summed E-state index contributed by atoms with van der Waals surface area (Å²) in [5.41, 5.74) is 9.12. The average molecular weight is 485 g/mol. The molecule has 174 valence electrons. The van der Waals surface area contributed by atoms with E-state index in [4.69, 9.17) is 27.1 Å². The van der Waals surface area contributed by atoms with Crippen LogP contribution in [0.1, 0.15) is 36.8 Å². The third kappa shape index (κ3) is 5.25. The molecule has 2 aromatic carbocycles. The summed E-state index contributed by atoms with van der Waals surface area (Å²) in [6.07, 6.45) is 4.65. The molecule has 0 atom stereocenters. The maximum atomic E-state index is 6.71. The van der Waals surface area contributed by atoms with Crippen LogP contribution in [0, 0.1) is 0 Å². The maximum Gasteiger partial charge on any atom is 0.224 e. The molecular formula is C24H29ClN6OS. The number of halogens is 1. The van der Waals surface area contributed by atoms with E-state index in [1.165, 1.54) is 18.2 Å². The first kappa shape index (κ1) is 22.8. The van der Waals surface area contributed by atoms with Crippen LogP contribution in [0.25, 0.3) is 22.2 Å². The second-order valence-corrected chi connectivity index (χ2v) is 10.0. The molecule has 2 aliphatic rings. The van der Waals surface area contributed by atoms with Gasteiger partial charge in [-0.15, -0.1) is 0 Å². The molecule has 7 nitrogen and oxygen atoms in total. The highest BCUT2D eigenvalue weighted by Gasteiger charge is 2.21. The first-order valence-electron chi connectivity index (χ1n) is 11.6. The Bertz CT molecular complexity index is 1140. The SMILES string of the molecule is Nc1nc(SCCCCNC2CCNCC2)nc(-c2c(Cl)cc3c4c(cccc24)COC3)n1. The van der Waals surface area contributed by atoms with E-state index in [2.05, 4.69) is 32.7 Å². The Morgan fingerprint density at radius 1 is 1.12 bits per heavy atom. The molecule has 0 aliphatic carbocycles. The number of hydrogen-bond donors (Lipinski definition) is 3. The Hall–Kier alpha value is -1.97. The van der Waals surface area contributed by atoms with E-state index >= 15 is 0 Å². The molecule has 0 spiro atoms. The molecule has 33 heavy (non-hydrogen) atoms. The molecule has 0 bridgehead atoms. The quantitative estimate of drug-likeness (QED) is 0.323. The Kier molecular flexibility index (Phi) is 7.27. The van der Waals surface area contributed by atoms with Gasteiger partial charge in [-0.25, -0.2) is 4.98 Å². The first-order valence-corrected chi connectivity index (χ1v) is 12.9. The largest absolute Gasteiger partial charge is 0.372 e. The standard InChI is InChI=1S/C24H29ClN6OS/c25-19-12-16-14-32-13-15-4-3-5-18(20(15)16)21(19)22-29-23(26)31-24(30-22)33-11-2-1-8-28-17-6-9-27-10-7-17/h3-5,12,17,27-28H,1-2,6-11,13-14H2,(H2,26,29,30,31). The van der Waals surface area contributed by atoms with Gasteiger partial charge in [-0.3, -0.25) is 0 Å². The van der Waals surface area contributed by atoms with Gasteiger partial charge in [0.2, 0.25) is 5.95 Å². The van der Waals surface area contributed by atoms with E-state index in [0.29, 0.717) is 35.3 Å². The van der Waals surface area contributed by atoms with Crippen molar-refractivity contribution in [3.8, 4) is 11.4 Å². The van der Waals surface area contributed by atoms with E-state index < -0.39 is 0 Å². The fourth-order valence-corrected chi connectivity index (χ4v) is 5.78. The molecule has 5 rings (SSSR count). The van der Waals surface area contributed by atoms with Crippen LogP contribution in [0.4, 0.5) is 5.95 Å². The average Bonchev–Trinajstić information content (AvgIpc) is 2.82. The molecule has 9 heteroatoms. The minimum absolute atomic E-state index is 0.218. The molecule has 0 unspecified atom stereocenters. The molecule has 0 saturated carbocycles. The predicted molar refractivity (Wildman–Crippen MR) is 135 cm³/mol. The lowest BCUT2D eigenvalue weighted by Gasteiger charge is -2.23. The number of nitrogens with two attached hydrogens (primary N) is 1. The van der Waals surface area contributed by atoms with Gasteiger partial charge < -0.3 is 21.1 Å². The number of unbranched alkanes of at least 4 members (excludes halogenated alkanes) is 1. The first-order chi connectivity index (χ1) is 16.2. The molecule has 2 aliphatic heterocycles. The number of thioether (sulfide) groups is 1. The molecule has 1 aromatic heterocycles. The van der Waals surface area contributed by atoms with Gasteiger partial charge >= 0.3 is 0 Å². The molecule has 3 aromatic rings. The second-order valence-electron chi connectivity index (χ2n) is 8.56. The summed E-state index contributed by atoms with van der Waals surface area (Å²) in [5.74, 6) is 1.68. The highest BCUT2D eigenvalue weighted by Crippen LogP contribution is 2.39. The Morgan fingerprint density at radius 3 is 2.85 bits per heavy atom. The number of nitrogen functional groups attached to an aromatic ring is 1. The van der Waals surface area contributed by atoms with Crippen molar-refractivity contribution in [2.45, 2.75) is 50.1 Å². The van der Waals surface area contributed by atoms with Gasteiger partial charge in [-0.1, -0.05) is 41.6 Å². The van der Waals surface area contributed by atoms with Crippen molar-refractivity contribution in [1.82, 2.24) is 25.6 Å². The van der Waals surface area contributed by atoms with E-state index in [0.717, 1.165) is 60.3 Å². The normalized spacial score (nSPS) is 16.4. The Labute approximate surface area is 203 Å². The fraction of sp³-hybridized carbons (Fsp3) is 0.458. The lowest BCUT2D eigenvalue weighted by atomic mass is 9.94. The van der Waals surface area contributed by atoms with Gasteiger partial charge in [0.25, 0.3) is 0 Å². The summed E-state index contributed by atoms with van der Waals surface area (Å²) < 4.78 is 5.70. The van der Waals surface area contributed by atoms with Crippen LogP contribution in [0.15, 0.2) is 29.4 Å². The monoisotopic (exact) mass is 484 g/mol. The number of rotatable bonds is 8. The summed E-state index contributed by atoms with van der Waals surface area (Å²) in [6.45, 7) is 4.44. The zero-order valence-corrected chi connectivity index (χ0v) is 20.1. The summed E-state index contributed by atoms with van der Waals surface area (Å²) >= 11 is 8.33. The van der Waals surface area contributed by atoms with E-state index in [-0.39, 0.29) is 5.95 Å². The molecule has 0 amide bonds. The summed E-state index contributed by atoms with van der Waals surface area (Å²) in [7, 11) is 0. The van der Waals surface area contributed by atoms with Crippen LogP contribution >= 0.6 is 23.4 Å². The van der Waals surface area contributed by atoms with Gasteiger partial charge in [0.1, 0.15) is 0 Å². The van der Waals surface area contributed by atoms with E-state index in [9.17, 15) is 0 Å². The van der Waals surface area contributed by atoms with Crippen LogP contribution in [0.2, 0.25) is 5.02 Å². The summed E-state index contributed by atoms with van der Waals surface area (Å²) in [6, 6.07) is 8.80. The number of benzene rings is 2. The molecule has 1 fully saturated rings. The van der Waals surface area contributed by atoms with Crippen molar-refractivity contribution >= 4 is 40.1 Å². The van der Waals surface area contributed by atoms with Crippen LogP contribution in [0.5, 0.6) is 0 Å². The zero-order chi connectivity index (χ0) is 22.6. The Balaban J connectivity index is 1.28. The van der Waals surface area contributed by atoms with E-state index in [1.54, 1.807) is 11.8 Å². The number of piperidine rings is 1. The highest BCUT2D eigenvalue weighted by atomic mass is 35.5. The van der Waals surface area contributed by atoms with Gasteiger partial charge in [-0.05, 0) is 73.3 Å². The number of aromatic nitrogens is 3.